The second-order valence-corrected chi connectivity index (χ2v) is 5.18. The molecule has 0 aliphatic carbocycles. The highest BCUT2D eigenvalue weighted by molar-refractivity contribution is 9.10. The van der Waals surface area contributed by atoms with Gasteiger partial charge in [0.2, 0.25) is 0 Å². The van der Waals surface area contributed by atoms with Gasteiger partial charge in [0.1, 0.15) is 5.56 Å². The Morgan fingerprint density at radius 3 is 2.50 bits per heavy atom. The number of hydrogen-bond donors (Lipinski definition) is 1. The molecule has 0 amide bonds. The normalized spacial score (nSPS) is 10.3. The number of aromatic nitrogens is 1. The Labute approximate surface area is 124 Å². The van der Waals surface area contributed by atoms with Gasteiger partial charge >= 0.3 is 5.97 Å². The van der Waals surface area contributed by atoms with Crippen molar-refractivity contribution in [1.29, 1.82) is 0 Å². The van der Waals surface area contributed by atoms with E-state index in [0.29, 0.717) is 6.42 Å². The van der Waals surface area contributed by atoms with Gasteiger partial charge in [-0.05, 0) is 35.7 Å². The molecule has 0 saturated heterocycles. The van der Waals surface area contributed by atoms with Crippen LogP contribution in [-0.2, 0) is 11.2 Å². The van der Waals surface area contributed by atoms with Crippen LogP contribution in [-0.4, -0.2) is 18.1 Å². The quantitative estimate of drug-likeness (QED) is 0.876. The number of pyridine rings is 1. The van der Waals surface area contributed by atoms with Gasteiger partial charge in [-0.3, -0.25) is 4.79 Å². The third kappa shape index (κ3) is 2.82. The molecule has 0 fully saturated rings. The standard InChI is InChI=1S/C15H14BrNO3/c1-3-9-8-12(15(19)20-2)14(18)17-13(9)10-4-6-11(16)7-5-10/h4-8H,3H2,1-2H3,(H,17,18). The van der Waals surface area contributed by atoms with Crippen LogP contribution in [0.1, 0.15) is 22.8 Å². The maximum absolute atomic E-state index is 12.0. The highest BCUT2D eigenvalue weighted by Crippen LogP contribution is 2.23. The van der Waals surface area contributed by atoms with Crippen LogP contribution in [0, 0.1) is 0 Å². The largest absolute Gasteiger partial charge is 0.465 e. The predicted octanol–water partition coefficient (Wildman–Crippen LogP) is 3.15. The van der Waals surface area contributed by atoms with E-state index < -0.39 is 11.5 Å². The van der Waals surface area contributed by atoms with Gasteiger partial charge in [-0.25, -0.2) is 4.79 Å². The lowest BCUT2D eigenvalue weighted by atomic mass is 10.0. The van der Waals surface area contributed by atoms with Gasteiger partial charge in [0, 0.05) is 4.47 Å². The lowest BCUT2D eigenvalue weighted by Crippen LogP contribution is -2.20. The van der Waals surface area contributed by atoms with Crippen molar-refractivity contribution >= 4 is 21.9 Å². The molecule has 1 aromatic carbocycles. The Balaban J connectivity index is 2.60. The summed E-state index contributed by atoms with van der Waals surface area (Å²) >= 11 is 3.37. The summed E-state index contributed by atoms with van der Waals surface area (Å²) in [4.78, 5) is 26.3. The first-order valence-electron chi connectivity index (χ1n) is 6.17. The van der Waals surface area contributed by atoms with Crippen LogP contribution in [0.5, 0.6) is 0 Å². The highest BCUT2D eigenvalue weighted by Gasteiger charge is 2.15. The first kappa shape index (κ1) is 14.5. The van der Waals surface area contributed by atoms with Crippen molar-refractivity contribution in [3.63, 3.8) is 0 Å². The number of hydrogen-bond acceptors (Lipinski definition) is 3. The second-order valence-electron chi connectivity index (χ2n) is 4.26. The smallest absolute Gasteiger partial charge is 0.343 e. The number of methoxy groups -OCH3 is 1. The minimum absolute atomic E-state index is 0.0326. The number of carbonyl (C=O) groups is 1. The summed E-state index contributed by atoms with van der Waals surface area (Å²) in [7, 11) is 1.26. The van der Waals surface area contributed by atoms with Crippen molar-refractivity contribution < 1.29 is 9.53 Å². The molecule has 2 rings (SSSR count). The number of halogens is 1. The first-order valence-corrected chi connectivity index (χ1v) is 6.96. The van der Waals surface area contributed by atoms with E-state index in [9.17, 15) is 9.59 Å². The molecule has 0 spiro atoms. The highest BCUT2D eigenvalue weighted by atomic mass is 79.9. The van der Waals surface area contributed by atoms with Gasteiger partial charge in [-0.15, -0.1) is 0 Å². The van der Waals surface area contributed by atoms with Crippen LogP contribution in [0.15, 0.2) is 39.6 Å². The molecule has 1 aromatic heterocycles. The molecule has 4 nitrogen and oxygen atoms in total. The molecule has 0 bridgehead atoms. The fourth-order valence-electron chi connectivity index (χ4n) is 1.99. The van der Waals surface area contributed by atoms with Crippen LogP contribution in [0.3, 0.4) is 0 Å². The number of benzene rings is 1. The minimum atomic E-state index is -0.622. The Hall–Kier alpha value is -1.88. The maximum Gasteiger partial charge on any atom is 0.343 e. The minimum Gasteiger partial charge on any atom is -0.465 e. The van der Waals surface area contributed by atoms with Crippen molar-refractivity contribution in [3.8, 4) is 11.3 Å². The molecule has 2 aromatic rings. The van der Waals surface area contributed by atoms with Gasteiger partial charge in [0.05, 0.1) is 12.8 Å². The molecule has 1 heterocycles. The van der Waals surface area contributed by atoms with Crippen molar-refractivity contribution in [2.24, 2.45) is 0 Å². The SMILES string of the molecule is CCc1cc(C(=O)OC)c(=O)[nH]c1-c1ccc(Br)cc1. The van der Waals surface area contributed by atoms with Crippen LogP contribution < -0.4 is 5.56 Å². The Bertz CT molecular complexity index is 689. The lowest BCUT2D eigenvalue weighted by molar-refractivity contribution is 0.0598. The van der Waals surface area contributed by atoms with E-state index in [1.54, 1.807) is 6.07 Å². The van der Waals surface area contributed by atoms with Crippen LogP contribution in [0.25, 0.3) is 11.3 Å². The second kappa shape index (κ2) is 6.05. The molecule has 0 radical (unpaired) electrons. The fourth-order valence-corrected chi connectivity index (χ4v) is 2.25. The molecule has 20 heavy (non-hydrogen) atoms. The van der Waals surface area contributed by atoms with Crippen LogP contribution >= 0.6 is 15.9 Å². The van der Waals surface area contributed by atoms with Gasteiger partial charge in [0.15, 0.2) is 0 Å². The molecule has 0 aliphatic rings. The summed E-state index contributed by atoms with van der Waals surface area (Å²) in [5.41, 5.74) is 2.13. The Kier molecular flexibility index (Phi) is 4.39. The molecule has 1 N–H and O–H groups in total. The van der Waals surface area contributed by atoms with E-state index in [0.717, 1.165) is 21.3 Å². The lowest BCUT2D eigenvalue weighted by Gasteiger charge is -2.10. The fraction of sp³-hybridized carbons (Fsp3) is 0.200. The van der Waals surface area contributed by atoms with Gasteiger partial charge < -0.3 is 9.72 Å². The zero-order valence-electron chi connectivity index (χ0n) is 11.2. The number of rotatable bonds is 3. The van der Waals surface area contributed by atoms with Crippen LogP contribution in [0.2, 0.25) is 0 Å². The average molecular weight is 336 g/mol. The Morgan fingerprint density at radius 1 is 1.30 bits per heavy atom. The summed E-state index contributed by atoms with van der Waals surface area (Å²) in [6.07, 6.45) is 0.701. The molecule has 104 valence electrons. The summed E-state index contributed by atoms with van der Waals surface area (Å²) in [6.45, 7) is 1.97. The topological polar surface area (TPSA) is 59.2 Å². The van der Waals surface area contributed by atoms with Crippen LogP contribution in [0.4, 0.5) is 0 Å². The average Bonchev–Trinajstić information content (AvgIpc) is 2.47. The molecule has 5 heteroatoms. The third-order valence-electron chi connectivity index (χ3n) is 3.04. The van der Waals surface area contributed by atoms with E-state index in [-0.39, 0.29) is 5.56 Å². The van der Waals surface area contributed by atoms with Crippen molar-refractivity contribution in [3.05, 3.63) is 56.3 Å². The van der Waals surface area contributed by atoms with Gasteiger partial charge in [0.25, 0.3) is 5.56 Å². The van der Waals surface area contributed by atoms with E-state index in [2.05, 4.69) is 25.7 Å². The van der Waals surface area contributed by atoms with Crippen molar-refractivity contribution in [2.45, 2.75) is 13.3 Å². The molecular weight excluding hydrogens is 322 g/mol. The third-order valence-corrected chi connectivity index (χ3v) is 3.57. The number of aromatic amines is 1. The number of aryl methyl sites for hydroxylation is 1. The van der Waals surface area contributed by atoms with E-state index >= 15 is 0 Å². The van der Waals surface area contributed by atoms with Crippen molar-refractivity contribution in [2.75, 3.05) is 7.11 Å². The Morgan fingerprint density at radius 2 is 1.95 bits per heavy atom. The first-order chi connectivity index (χ1) is 9.56. The van der Waals surface area contributed by atoms with E-state index in [1.807, 2.05) is 31.2 Å². The van der Waals surface area contributed by atoms with Gasteiger partial charge in [-0.1, -0.05) is 35.0 Å². The summed E-state index contributed by atoms with van der Waals surface area (Å²) in [5.74, 6) is -0.622. The molecule has 0 unspecified atom stereocenters. The van der Waals surface area contributed by atoms with E-state index in [1.165, 1.54) is 7.11 Å². The van der Waals surface area contributed by atoms with Gasteiger partial charge in [-0.2, -0.15) is 0 Å². The van der Waals surface area contributed by atoms with E-state index in [4.69, 9.17) is 0 Å². The molecular formula is C15H14BrNO3. The summed E-state index contributed by atoms with van der Waals surface area (Å²) < 4.78 is 5.58. The zero-order chi connectivity index (χ0) is 14.7. The molecule has 0 saturated carbocycles. The maximum atomic E-state index is 12.0. The number of nitrogens with one attached hydrogen (secondary N) is 1. The summed E-state index contributed by atoms with van der Waals surface area (Å²) in [5, 5.41) is 0. The predicted molar refractivity (Wildman–Crippen MR) is 80.9 cm³/mol. The number of ether oxygens (including phenoxy) is 1. The monoisotopic (exact) mass is 335 g/mol. The summed E-state index contributed by atoms with van der Waals surface area (Å²) in [6, 6.07) is 9.23. The number of H-pyrrole nitrogens is 1. The zero-order valence-corrected chi connectivity index (χ0v) is 12.8. The number of esters is 1. The number of carbonyl (C=O) groups excluding carboxylic acids is 1. The van der Waals surface area contributed by atoms with Crippen molar-refractivity contribution in [1.82, 2.24) is 4.98 Å². The molecule has 0 atom stereocenters. The molecule has 0 aliphatic heterocycles.